The normalized spacial score (nSPS) is 14.8. The molecule has 0 saturated carbocycles. The molecular weight excluding hydrogens is 196 g/mol. The molecule has 0 aliphatic carbocycles. The number of benzene rings is 1. The van der Waals surface area contributed by atoms with Gasteiger partial charge in [-0.1, -0.05) is 29.8 Å². The highest BCUT2D eigenvalue weighted by Gasteiger charge is 2.12. The van der Waals surface area contributed by atoms with Gasteiger partial charge in [0, 0.05) is 31.0 Å². The molecule has 0 spiro atoms. The molecule has 0 amide bonds. The van der Waals surface area contributed by atoms with Crippen molar-refractivity contribution in [2.24, 2.45) is 0 Å². The standard InChI is InChI=1S/C14H16N2/c1-11-2-4-12(5-3-11)14-7-6-13-10-15-8-9-16(13)14/h2-7,15H,8-10H2,1H3. The molecule has 16 heavy (non-hydrogen) atoms. The maximum Gasteiger partial charge on any atom is 0.0483 e. The molecule has 82 valence electrons. The fourth-order valence-electron chi connectivity index (χ4n) is 2.31. The van der Waals surface area contributed by atoms with Gasteiger partial charge in [0.1, 0.15) is 0 Å². The van der Waals surface area contributed by atoms with Crippen LogP contribution in [0.3, 0.4) is 0 Å². The SMILES string of the molecule is Cc1ccc(-c2ccc3n2CCNC3)cc1. The summed E-state index contributed by atoms with van der Waals surface area (Å²) >= 11 is 0. The molecular formula is C14H16N2. The Morgan fingerprint density at radius 3 is 2.69 bits per heavy atom. The molecule has 1 aliphatic heterocycles. The molecule has 1 N–H and O–H groups in total. The fraction of sp³-hybridized carbons (Fsp3) is 0.286. The Balaban J connectivity index is 2.06. The first-order chi connectivity index (χ1) is 7.84. The predicted molar refractivity (Wildman–Crippen MR) is 66.3 cm³/mol. The molecule has 0 radical (unpaired) electrons. The lowest BCUT2D eigenvalue weighted by Crippen LogP contribution is -2.27. The minimum atomic E-state index is 0.992. The van der Waals surface area contributed by atoms with Crippen LogP contribution in [0.2, 0.25) is 0 Å². The summed E-state index contributed by atoms with van der Waals surface area (Å²) < 4.78 is 2.42. The number of aromatic nitrogens is 1. The summed E-state index contributed by atoms with van der Waals surface area (Å²) in [7, 11) is 0. The van der Waals surface area contributed by atoms with Crippen molar-refractivity contribution in [3.8, 4) is 11.3 Å². The highest BCUT2D eigenvalue weighted by molar-refractivity contribution is 5.61. The predicted octanol–water partition coefficient (Wildman–Crippen LogP) is 2.57. The van der Waals surface area contributed by atoms with Crippen molar-refractivity contribution < 1.29 is 0 Å². The first-order valence-electron chi connectivity index (χ1n) is 5.81. The van der Waals surface area contributed by atoms with E-state index in [-0.39, 0.29) is 0 Å². The van der Waals surface area contributed by atoms with Crippen molar-refractivity contribution in [2.45, 2.75) is 20.0 Å². The summed E-state index contributed by atoms with van der Waals surface area (Å²) in [6.07, 6.45) is 0. The molecule has 2 aromatic rings. The number of aryl methyl sites for hydroxylation is 1. The smallest absolute Gasteiger partial charge is 0.0483 e. The van der Waals surface area contributed by atoms with E-state index in [2.05, 4.69) is 53.2 Å². The lowest BCUT2D eigenvalue weighted by atomic mass is 10.1. The van der Waals surface area contributed by atoms with Crippen molar-refractivity contribution in [1.29, 1.82) is 0 Å². The molecule has 0 bridgehead atoms. The van der Waals surface area contributed by atoms with Crippen LogP contribution in [-0.4, -0.2) is 11.1 Å². The second-order valence-electron chi connectivity index (χ2n) is 4.40. The van der Waals surface area contributed by atoms with Gasteiger partial charge in [-0.05, 0) is 24.6 Å². The van der Waals surface area contributed by atoms with E-state index in [9.17, 15) is 0 Å². The molecule has 0 saturated heterocycles. The van der Waals surface area contributed by atoms with Gasteiger partial charge >= 0.3 is 0 Å². The van der Waals surface area contributed by atoms with Crippen LogP contribution in [0.5, 0.6) is 0 Å². The van der Waals surface area contributed by atoms with Gasteiger partial charge in [-0.2, -0.15) is 0 Å². The average Bonchev–Trinajstić information content (AvgIpc) is 2.74. The molecule has 2 nitrogen and oxygen atoms in total. The summed E-state index contributed by atoms with van der Waals surface area (Å²) in [5, 5.41) is 3.39. The Bertz CT molecular complexity index is 494. The van der Waals surface area contributed by atoms with Gasteiger partial charge in [-0.15, -0.1) is 0 Å². The molecule has 0 atom stereocenters. The first-order valence-corrected chi connectivity index (χ1v) is 5.81. The molecule has 1 aromatic carbocycles. The quantitative estimate of drug-likeness (QED) is 0.768. The van der Waals surface area contributed by atoms with E-state index in [0.717, 1.165) is 19.6 Å². The third-order valence-corrected chi connectivity index (χ3v) is 3.24. The van der Waals surface area contributed by atoms with Crippen molar-refractivity contribution in [1.82, 2.24) is 9.88 Å². The lowest BCUT2D eigenvalue weighted by molar-refractivity contribution is 0.520. The molecule has 2 heteroatoms. The van der Waals surface area contributed by atoms with Crippen LogP contribution >= 0.6 is 0 Å². The van der Waals surface area contributed by atoms with Crippen LogP contribution in [0.15, 0.2) is 36.4 Å². The third kappa shape index (κ3) is 1.55. The van der Waals surface area contributed by atoms with Gasteiger partial charge in [0.2, 0.25) is 0 Å². The maximum absolute atomic E-state index is 3.39. The number of nitrogens with one attached hydrogen (secondary N) is 1. The molecule has 0 unspecified atom stereocenters. The summed E-state index contributed by atoms with van der Waals surface area (Å²) in [5.74, 6) is 0. The number of rotatable bonds is 1. The number of fused-ring (bicyclic) bond motifs is 1. The fourth-order valence-corrected chi connectivity index (χ4v) is 2.31. The number of hydrogen-bond acceptors (Lipinski definition) is 1. The van der Waals surface area contributed by atoms with Crippen LogP contribution in [0, 0.1) is 6.92 Å². The Labute approximate surface area is 95.9 Å². The first kappa shape index (κ1) is 9.67. The van der Waals surface area contributed by atoms with Gasteiger partial charge in [0.15, 0.2) is 0 Å². The minimum absolute atomic E-state index is 0.992. The second kappa shape index (κ2) is 3.80. The van der Waals surface area contributed by atoms with Crippen molar-refractivity contribution in [3.63, 3.8) is 0 Å². The number of hydrogen-bond donors (Lipinski definition) is 1. The van der Waals surface area contributed by atoms with E-state index >= 15 is 0 Å². The van der Waals surface area contributed by atoms with Gasteiger partial charge in [0.05, 0.1) is 0 Å². The molecule has 3 rings (SSSR count). The minimum Gasteiger partial charge on any atom is -0.342 e. The summed E-state index contributed by atoms with van der Waals surface area (Å²) in [6, 6.07) is 13.2. The van der Waals surface area contributed by atoms with Crippen molar-refractivity contribution in [3.05, 3.63) is 47.7 Å². The zero-order chi connectivity index (χ0) is 11.0. The van der Waals surface area contributed by atoms with Crippen LogP contribution < -0.4 is 5.32 Å². The van der Waals surface area contributed by atoms with Crippen molar-refractivity contribution >= 4 is 0 Å². The zero-order valence-electron chi connectivity index (χ0n) is 9.53. The van der Waals surface area contributed by atoms with E-state index in [1.54, 1.807) is 0 Å². The van der Waals surface area contributed by atoms with Gasteiger partial charge < -0.3 is 9.88 Å². The molecule has 0 fully saturated rings. The van der Waals surface area contributed by atoms with Crippen LogP contribution in [0.25, 0.3) is 11.3 Å². The molecule has 1 aliphatic rings. The van der Waals surface area contributed by atoms with Gasteiger partial charge in [0.25, 0.3) is 0 Å². The summed E-state index contributed by atoms with van der Waals surface area (Å²) in [5.41, 5.74) is 5.37. The number of nitrogens with zero attached hydrogens (tertiary/aromatic N) is 1. The topological polar surface area (TPSA) is 17.0 Å². The van der Waals surface area contributed by atoms with Gasteiger partial charge in [-0.3, -0.25) is 0 Å². The van der Waals surface area contributed by atoms with Crippen LogP contribution in [0.1, 0.15) is 11.3 Å². The van der Waals surface area contributed by atoms with E-state index in [1.807, 2.05) is 0 Å². The lowest BCUT2D eigenvalue weighted by Gasteiger charge is -2.19. The van der Waals surface area contributed by atoms with Crippen LogP contribution in [0.4, 0.5) is 0 Å². The average molecular weight is 212 g/mol. The maximum atomic E-state index is 3.39. The summed E-state index contributed by atoms with van der Waals surface area (Å²) in [4.78, 5) is 0. The van der Waals surface area contributed by atoms with E-state index in [1.165, 1.54) is 22.5 Å². The van der Waals surface area contributed by atoms with Crippen LogP contribution in [-0.2, 0) is 13.1 Å². The molecule has 2 heterocycles. The molecule has 1 aromatic heterocycles. The third-order valence-electron chi connectivity index (χ3n) is 3.24. The van der Waals surface area contributed by atoms with E-state index in [0.29, 0.717) is 0 Å². The van der Waals surface area contributed by atoms with Gasteiger partial charge in [-0.25, -0.2) is 0 Å². The Hall–Kier alpha value is -1.54. The van der Waals surface area contributed by atoms with E-state index in [4.69, 9.17) is 0 Å². The monoisotopic (exact) mass is 212 g/mol. The Morgan fingerprint density at radius 1 is 1.06 bits per heavy atom. The second-order valence-corrected chi connectivity index (χ2v) is 4.40. The zero-order valence-corrected chi connectivity index (χ0v) is 9.53. The highest BCUT2D eigenvalue weighted by atomic mass is 15.1. The Morgan fingerprint density at radius 2 is 1.88 bits per heavy atom. The van der Waals surface area contributed by atoms with Crippen molar-refractivity contribution in [2.75, 3.05) is 6.54 Å². The Kier molecular flexibility index (Phi) is 2.29. The largest absolute Gasteiger partial charge is 0.342 e. The summed E-state index contributed by atoms with van der Waals surface area (Å²) in [6.45, 7) is 5.26. The highest BCUT2D eigenvalue weighted by Crippen LogP contribution is 2.24. The van der Waals surface area contributed by atoms with E-state index < -0.39 is 0 Å².